The highest BCUT2D eigenvalue weighted by Gasteiger charge is 2.40. The van der Waals surface area contributed by atoms with E-state index in [0.29, 0.717) is 33.7 Å². The van der Waals surface area contributed by atoms with Crippen LogP contribution < -0.4 is 0 Å². The second-order valence-electron chi connectivity index (χ2n) is 20.4. The van der Waals surface area contributed by atoms with Crippen LogP contribution in [0.3, 0.4) is 0 Å². The topological polar surface area (TPSA) is 170 Å². The maximum atomic E-state index is 14.0. The number of benzene rings is 2. The van der Waals surface area contributed by atoms with Gasteiger partial charge in [0.05, 0.1) is 21.2 Å². The summed E-state index contributed by atoms with van der Waals surface area (Å²) in [5, 5.41) is 41.7. The Morgan fingerprint density at radius 3 is 1.00 bits per heavy atom. The van der Waals surface area contributed by atoms with Crippen molar-refractivity contribution in [1.29, 1.82) is 0 Å². The molecule has 2 unspecified atom stereocenters. The summed E-state index contributed by atoms with van der Waals surface area (Å²) < 4.78 is 0. The molecule has 0 saturated carbocycles. The number of nitro benzene ring substituents is 2. The Hall–Kier alpha value is -5.86. The van der Waals surface area contributed by atoms with Gasteiger partial charge in [-0.05, 0) is 70.2 Å². The van der Waals surface area contributed by atoms with E-state index in [0.717, 1.165) is 19.5 Å². The monoisotopic (exact) mass is 900 g/mol. The van der Waals surface area contributed by atoms with Gasteiger partial charge < -0.3 is 0 Å². The molecule has 2 aliphatic carbocycles. The Morgan fingerprint density at radius 1 is 0.469 bits per heavy atom. The molecule has 14 heteroatoms. The Labute approximate surface area is 383 Å². The molecule has 0 saturated heterocycles. The summed E-state index contributed by atoms with van der Waals surface area (Å²) >= 11 is 3.15. The van der Waals surface area contributed by atoms with Crippen LogP contribution in [-0.4, -0.2) is 21.4 Å². The van der Waals surface area contributed by atoms with Crippen molar-refractivity contribution in [3.05, 3.63) is 149 Å². The van der Waals surface area contributed by atoms with Crippen LogP contribution in [0.1, 0.15) is 105 Å². The maximum Gasteiger partial charge on any atom is 0.269 e. The van der Waals surface area contributed by atoms with Crippen molar-refractivity contribution in [2.75, 3.05) is 0 Å². The summed E-state index contributed by atoms with van der Waals surface area (Å²) in [4.78, 5) is 53.5. The lowest BCUT2D eigenvalue weighted by molar-refractivity contribution is -0.385. The summed E-state index contributed by atoms with van der Waals surface area (Å²) in [5.41, 5.74) is 1.97. The SMILES string of the molecule is CC(C)(C)C1=CC(C(N=Nc2ccc([N+](=O)[O-])cc2)c2ccc(-c3ccc(C(N=Nc4ccc([N+](=O)[O-])cc4)C4C=C(C(C)(C)C)C(=O)C(C(C)(C)C)=C4)s3)s2)C=C(C(C)(C)C)C1=O. The fourth-order valence-corrected chi connectivity index (χ4v) is 9.95. The highest BCUT2D eigenvalue weighted by atomic mass is 32.1. The number of carbonyl (C=O) groups excluding carboxylic acids is 2. The lowest BCUT2D eigenvalue weighted by atomic mass is 9.70. The van der Waals surface area contributed by atoms with Crippen LogP contribution in [0.5, 0.6) is 0 Å². The largest absolute Gasteiger partial charge is 0.289 e. The molecule has 2 aliphatic rings. The zero-order valence-corrected chi connectivity index (χ0v) is 40.1. The van der Waals surface area contributed by atoms with Crippen molar-refractivity contribution >= 4 is 57.0 Å². The Kier molecular flexibility index (Phi) is 13.4. The van der Waals surface area contributed by atoms with Gasteiger partial charge in [0.2, 0.25) is 0 Å². The van der Waals surface area contributed by atoms with Gasteiger partial charge in [0.15, 0.2) is 11.6 Å². The number of carbonyl (C=O) groups is 2. The Bertz CT molecular complexity index is 2400. The van der Waals surface area contributed by atoms with E-state index in [1.54, 1.807) is 46.9 Å². The van der Waals surface area contributed by atoms with Gasteiger partial charge in [-0.2, -0.15) is 20.5 Å². The van der Waals surface area contributed by atoms with Gasteiger partial charge in [-0.15, -0.1) is 22.7 Å². The second-order valence-corrected chi connectivity index (χ2v) is 22.6. The fraction of sp³-hybridized carbons (Fsp3) is 0.400. The first-order valence-electron chi connectivity index (χ1n) is 21.2. The molecule has 0 radical (unpaired) electrons. The number of hydrogen-bond donors (Lipinski definition) is 0. The molecule has 0 spiro atoms. The van der Waals surface area contributed by atoms with Gasteiger partial charge in [0.25, 0.3) is 11.4 Å². The van der Waals surface area contributed by atoms with E-state index in [9.17, 15) is 29.8 Å². The van der Waals surface area contributed by atoms with Gasteiger partial charge >= 0.3 is 0 Å². The van der Waals surface area contributed by atoms with Gasteiger partial charge in [-0.3, -0.25) is 29.8 Å². The summed E-state index contributed by atoms with van der Waals surface area (Å²) in [6.45, 7) is 24.4. The zero-order valence-electron chi connectivity index (χ0n) is 38.5. The van der Waals surface area contributed by atoms with Crippen LogP contribution in [0.4, 0.5) is 22.7 Å². The van der Waals surface area contributed by atoms with Gasteiger partial charge in [-0.1, -0.05) is 107 Å². The van der Waals surface area contributed by atoms with E-state index in [1.807, 2.05) is 120 Å². The molecule has 64 heavy (non-hydrogen) atoms. The molecule has 12 nitrogen and oxygen atoms in total. The van der Waals surface area contributed by atoms with E-state index >= 15 is 0 Å². The molecule has 6 rings (SSSR count). The van der Waals surface area contributed by atoms with Crippen LogP contribution >= 0.6 is 22.7 Å². The third-order valence-corrected chi connectivity index (χ3v) is 13.7. The average molecular weight is 901 g/mol. The average Bonchev–Trinajstić information content (AvgIpc) is 3.88. The molecule has 0 N–H and O–H groups in total. The normalized spacial score (nSPS) is 17.1. The molecule has 0 fully saturated rings. The molecule has 2 atom stereocenters. The molecule has 2 aromatic heterocycles. The molecule has 2 aromatic carbocycles. The minimum absolute atomic E-state index is 0.0248. The summed E-state index contributed by atoms with van der Waals surface area (Å²) in [6, 6.07) is 19.0. The molecular formula is C50H56N6O6S2. The standard InChI is InChI=1S/C50H56N6O6S2/c1-47(2,3)35-25-29(26-36(45(35)57)48(4,5)6)43(53-51-31-13-17-33(18-14-31)55(59)60)41-23-21-39(63-41)40-22-24-42(64-40)44(54-52-32-15-19-34(20-16-32)56(61)62)30-27-37(49(7,8)9)46(58)38(28-30)50(10,11)12/h13-30,43-44H,1-12H3. The van der Waals surface area contributed by atoms with Crippen molar-refractivity contribution in [2.24, 2.45) is 54.0 Å². The molecule has 0 amide bonds. The van der Waals surface area contributed by atoms with Crippen LogP contribution in [-0.2, 0) is 9.59 Å². The zero-order chi connectivity index (χ0) is 47.1. The molecule has 0 aliphatic heterocycles. The number of nitro groups is 2. The number of allylic oxidation sites excluding steroid dienone is 4. The minimum Gasteiger partial charge on any atom is -0.289 e. The maximum absolute atomic E-state index is 14.0. The van der Waals surface area contributed by atoms with Crippen LogP contribution in [0.15, 0.2) is 140 Å². The van der Waals surface area contributed by atoms with Gasteiger partial charge in [0.1, 0.15) is 12.1 Å². The van der Waals surface area contributed by atoms with Crippen molar-refractivity contribution in [2.45, 2.75) is 95.2 Å². The minimum atomic E-state index is -0.527. The third-order valence-electron chi connectivity index (χ3n) is 11.2. The van der Waals surface area contributed by atoms with Crippen molar-refractivity contribution < 1.29 is 19.4 Å². The number of rotatable bonds is 11. The van der Waals surface area contributed by atoms with E-state index in [1.165, 1.54) is 24.3 Å². The van der Waals surface area contributed by atoms with E-state index in [2.05, 4.69) is 22.4 Å². The number of Topliss-reactive ketones (excluding diaryl/α,β-unsaturated/α-hetero) is 2. The number of non-ortho nitro benzene ring substituents is 2. The predicted molar refractivity (Wildman–Crippen MR) is 255 cm³/mol. The highest BCUT2D eigenvalue weighted by molar-refractivity contribution is 7.22. The quantitative estimate of drug-likeness (QED) is 0.0824. The van der Waals surface area contributed by atoms with Crippen molar-refractivity contribution in [3.8, 4) is 9.75 Å². The lowest BCUT2D eigenvalue weighted by Gasteiger charge is -2.34. The van der Waals surface area contributed by atoms with Crippen molar-refractivity contribution in [1.82, 2.24) is 0 Å². The van der Waals surface area contributed by atoms with Gasteiger partial charge in [0, 0.05) is 77.9 Å². The highest BCUT2D eigenvalue weighted by Crippen LogP contribution is 2.49. The molecule has 4 aromatic rings. The molecular weight excluding hydrogens is 845 g/mol. The van der Waals surface area contributed by atoms with E-state index in [4.69, 9.17) is 10.2 Å². The van der Waals surface area contributed by atoms with Crippen LogP contribution in [0.2, 0.25) is 0 Å². The van der Waals surface area contributed by atoms with E-state index in [-0.39, 0.29) is 34.8 Å². The molecule has 334 valence electrons. The number of thiophene rings is 2. The Balaban J connectivity index is 1.45. The van der Waals surface area contributed by atoms with Gasteiger partial charge in [-0.25, -0.2) is 0 Å². The fourth-order valence-electron chi connectivity index (χ4n) is 7.66. The number of nitrogens with zero attached hydrogens (tertiary/aromatic N) is 6. The summed E-state index contributed by atoms with van der Waals surface area (Å²) in [7, 11) is 0. The lowest BCUT2D eigenvalue weighted by Crippen LogP contribution is -2.30. The van der Waals surface area contributed by atoms with E-state index < -0.39 is 43.6 Å². The second kappa shape index (κ2) is 18.0. The van der Waals surface area contributed by atoms with Crippen molar-refractivity contribution in [3.63, 3.8) is 0 Å². The first kappa shape index (κ1) is 47.6. The predicted octanol–water partition coefficient (Wildman–Crippen LogP) is 15.2. The van der Waals surface area contributed by atoms with Crippen LogP contribution in [0, 0.1) is 53.7 Å². The molecule has 0 bridgehead atoms. The first-order valence-corrected chi connectivity index (χ1v) is 22.8. The Morgan fingerprint density at radius 2 is 0.750 bits per heavy atom. The number of ketones is 2. The third kappa shape index (κ3) is 10.7. The number of hydrogen-bond acceptors (Lipinski definition) is 12. The first-order chi connectivity index (χ1) is 29.7. The summed E-state index contributed by atoms with van der Waals surface area (Å²) in [6.07, 6.45) is 8.09. The number of azo groups is 2. The smallest absolute Gasteiger partial charge is 0.269 e. The van der Waals surface area contributed by atoms with Crippen LogP contribution in [0.25, 0.3) is 9.75 Å². The summed E-state index contributed by atoms with van der Waals surface area (Å²) in [5.74, 6) is -0.591. The molecule has 2 heterocycles.